The average Bonchev–Trinajstić information content (AvgIpc) is 2.94. The minimum Gasteiger partial charge on any atom is -0.497 e. The van der Waals surface area contributed by atoms with Gasteiger partial charge in [0.25, 0.3) is 11.8 Å². The molecule has 0 saturated carbocycles. The van der Waals surface area contributed by atoms with Crippen molar-refractivity contribution >= 4 is 17.8 Å². The Morgan fingerprint density at radius 3 is 2.04 bits per heavy atom. The number of fused-ring (bicyclic) bond motifs is 1. The molecule has 0 aliphatic carbocycles. The fourth-order valence-electron chi connectivity index (χ4n) is 3.28. The van der Waals surface area contributed by atoms with Crippen molar-refractivity contribution in [3.63, 3.8) is 0 Å². The molecule has 0 bridgehead atoms. The van der Waals surface area contributed by atoms with Crippen molar-refractivity contribution in [1.29, 1.82) is 0 Å². The lowest BCUT2D eigenvalue weighted by Crippen LogP contribution is -2.48. The van der Waals surface area contributed by atoms with Gasteiger partial charge in [0.05, 0.1) is 24.8 Å². The second-order valence-corrected chi connectivity index (χ2v) is 6.98. The Labute approximate surface area is 164 Å². The Hall–Kier alpha value is -3.15. The van der Waals surface area contributed by atoms with Crippen LogP contribution in [0.1, 0.15) is 40.1 Å². The first-order valence-corrected chi connectivity index (χ1v) is 9.20. The molecule has 2 aromatic rings. The van der Waals surface area contributed by atoms with Crippen molar-refractivity contribution in [2.45, 2.75) is 26.3 Å². The van der Waals surface area contributed by atoms with Gasteiger partial charge in [0.2, 0.25) is 0 Å². The number of nitrogens with zero attached hydrogens (tertiary/aromatic N) is 1. The number of rotatable bonds is 7. The highest BCUT2D eigenvalue weighted by atomic mass is 16.5. The molecule has 6 nitrogen and oxygen atoms in total. The molecule has 0 radical (unpaired) electrons. The first-order valence-electron chi connectivity index (χ1n) is 9.20. The van der Waals surface area contributed by atoms with Crippen LogP contribution in [0, 0.1) is 5.92 Å². The van der Waals surface area contributed by atoms with E-state index in [0.717, 1.165) is 16.2 Å². The lowest BCUT2D eigenvalue weighted by atomic mass is 10.0. The first-order chi connectivity index (χ1) is 13.4. The number of esters is 1. The van der Waals surface area contributed by atoms with E-state index < -0.39 is 23.8 Å². The van der Waals surface area contributed by atoms with Crippen LogP contribution in [0.3, 0.4) is 0 Å². The smallest absolute Gasteiger partial charge is 0.329 e. The second kappa shape index (κ2) is 8.25. The molecule has 28 heavy (non-hydrogen) atoms. The van der Waals surface area contributed by atoms with Gasteiger partial charge in [0.15, 0.2) is 0 Å². The average molecular weight is 381 g/mol. The summed E-state index contributed by atoms with van der Waals surface area (Å²) >= 11 is 0. The summed E-state index contributed by atoms with van der Waals surface area (Å²) in [7, 11) is 1.60. The van der Waals surface area contributed by atoms with Gasteiger partial charge >= 0.3 is 5.97 Å². The SMILES string of the molecule is COc1ccc(CCOC(=O)[C@@H](C(C)C)N2C(=O)c3ccccc3C2=O)cc1. The Bertz CT molecular complexity index is 853. The molecule has 2 amide bonds. The lowest BCUT2D eigenvalue weighted by Gasteiger charge is -2.27. The van der Waals surface area contributed by atoms with Gasteiger partial charge in [-0.25, -0.2) is 4.79 Å². The molecule has 1 atom stereocenters. The number of hydrogen-bond acceptors (Lipinski definition) is 5. The van der Waals surface area contributed by atoms with Gasteiger partial charge in [-0.1, -0.05) is 38.1 Å². The van der Waals surface area contributed by atoms with Crippen LogP contribution in [0.2, 0.25) is 0 Å². The maximum Gasteiger partial charge on any atom is 0.329 e. The van der Waals surface area contributed by atoms with Crippen LogP contribution in [0.4, 0.5) is 0 Å². The number of benzene rings is 2. The zero-order chi connectivity index (χ0) is 20.3. The Balaban J connectivity index is 1.68. The topological polar surface area (TPSA) is 72.9 Å². The zero-order valence-electron chi connectivity index (χ0n) is 16.2. The van der Waals surface area contributed by atoms with Crippen LogP contribution in [-0.2, 0) is 16.0 Å². The van der Waals surface area contributed by atoms with E-state index in [1.165, 1.54) is 0 Å². The van der Waals surface area contributed by atoms with E-state index in [0.29, 0.717) is 17.5 Å². The van der Waals surface area contributed by atoms with Crippen molar-refractivity contribution in [3.8, 4) is 5.75 Å². The van der Waals surface area contributed by atoms with Crippen molar-refractivity contribution in [2.75, 3.05) is 13.7 Å². The first kappa shape index (κ1) is 19.6. The summed E-state index contributed by atoms with van der Waals surface area (Å²) in [5, 5.41) is 0. The quantitative estimate of drug-likeness (QED) is 0.544. The molecular formula is C22H23NO5. The van der Waals surface area contributed by atoms with Crippen molar-refractivity contribution in [3.05, 3.63) is 65.2 Å². The number of hydrogen-bond donors (Lipinski definition) is 0. The van der Waals surface area contributed by atoms with E-state index in [-0.39, 0.29) is 12.5 Å². The summed E-state index contributed by atoms with van der Waals surface area (Å²) in [5.74, 6) is -0.988. The normalized spacial score (nSPS) is 14.2. The zero-order valence-corrected chi connectivity index (χ0v) is 16.2. The summed E-state index contributed by atoms with van der Waals surface area (Å²) in [4.78, 5) is 39.1. The fraction of sp³-hybridized carbons (Fsp3) is 0.318. The molecule has 146 valence electrons. The van der Waals surface area contributed by atoms with Gasteiger partial charge in [0, 0.05) is 6.42 Å². The number of carbonyl (C=O) groups is 3. The maximum atomic E-state index is 12.7. The molecule has 2 aromatic carbocycles. The molecule has 1 aliphatic rings. The molecule has 3 rings (SSSR count). The van der Waals surface area contributed by atoms with E-state index >= 15 is 0 Å². The predicted molar refractivity (Wildman–Crippen MR) is 103 cm³/mol. The van der Waals surface area contributed by atoms with Crippen LogP contribution in [0.5, 0.6) is 5.75 Å². The largest absolute Gasteiger partial charge is 0.497 e. The summed E-state index contributed by atoms with van der Waals surface area (Å²) < 4.78 is 10.5. The van der Waals surface area contributed by atoms with Gasteiger partial charge in [-0.3, -0.25) is 14.5 Å². The molecule has 0 aromatic heterocycles. The highest BCUT2D eigenvalue weighted by molar-refractivity contribution is 6.22. The van der Waals surface area contributed by atoms with Crippen LogP contribution < -0.4 is 4.74 Å². The molecule has 1 aliphatic heterocycles. The number of carbonyl (C=O) groups excluding carboxylic acids is 3. The monoisotopic (exact) mass is 381 g/mol. The number of imide groups is 1. The summed E-state index contributed by atoms with van der Waals surface area (Å²) in [5.41, 5.74) is 1.64. The molecule has 0 unspecified atom stereocenters. The second-order valence-electron chi connectivity index (χ2n) is 6.98. The standard InChI is InChI=1S/C22H23NO5/c1-14(2)19(23-20(24)17-6-4-5-7-18(17)21(23)25)22(26)28-13-12-15-8-10-16(27-3)11-9-15/h4-11,14,19H,12-13H2,1-3H3/t19-/m1/s1. The van der Waals surface area contributed by atoms with E-state index in [2.05, 4.69) is 0 Å². The molecule has 0 saturated heterocycles. The number of methoxy groups -OCH3 is 1. The van der Waals surface area contributed by atoms with Crippen LogP contribution >= 0.6 is 0 Å². The van der Waals surface area contributed by atoms with Gasteiger partial charge in [-0.15, -0.1) is 0 Å². The Kier molecular flexibility index (Phi) is 5.78. The van der Waals surface area contributed by atoms with Gasteiger partial charge < -0.3 is 9.47 Å². The Morgan fingerprint density at radius 1 is 0.964 bits per heavy atom. The molecule has 0 fully saturated rings. The van der Waals surface area contributed by atoms with Crippen molar-refractivity contribution in [1.82, 2.24) is 4.90 Å². The third-order valence-electron chi connectivity index (χ3n) is 4.77. The Morgan fingerprint density at radius 2 is 1.54 bits per heavy atom. The highest BCUT2D eigenvalue weighted by Gasteiger charge is 2.44. The fourth-order valence-corrected chi connectivity index (χ4v) is 3.28. The lowest BCUT2D eigenvalue weighted by molar-refractivity contribution is -0.149. The summed E-state index contributed by atoms with van der Waals surface area (Å²) in [6.45, 7) is 3.75. The van der Waals surface area contributed by atoms with Crippen LogP contribution in [0.15, 0.2) is 48.5 Å². The molecular weight excluding hydrogens is 358 g/mol. The minimum absolute atomic E-state index is 0.164. The molecule has 1 heterocycles. The predicted octanol–water partition coefficient (Wildman–Crippen LogP) is 3.10. The van der Waals surface area contributed by atoms with Gasteiger partial charge in [-0.05, 0) is 35.7 Å². The van der Waals surface area contributed by atoms with Crippen molar-refractivity contribution in [2.24, 2.45) is 5.92 Å². The number of ether oxygens (including phenoxy) is 2. The molecule has 6 heteroatoms. The third-order valence-corrected chi connectivity index (χ3v) is 4.77. The molecule has 0 spiro atoms. The van der Waals surface area contributed by atoms with Crippen molar-refractivity contribution < 1.29 is 23.9 Å². The third kappa shape index (κ3) is 3.76. The van der Waals surface area contributed by atoms with Crippen LogP contribution in [-0.4, -0.2) is 42.4 Å². The van der Waals surface area contributed by atoms with Gasteiger partial charge in [0.1, 0.15) is 11.8 Å². The van der Waals surface area contributed by atoms with Crippen LogP contribution in [0.25, 0.3) is 0 Å². The summed E-state index contributed by atoms with van der Waals surface area (Å²) in [6, 6.07) is 13.1. The summed E-state index contributed by atoms with van der Waals surface area (Å²) in [6.07, 6.45) is 0.530. The highest BCUT2D eigenvalue weighted by Crippen LogP contribution is 2.27. The van der Waals surface area contributed by atoms with E-state index in [4.69, 9.17) is 9.47 Å². The van der Waals surface area contributed by atoms with E-state index in [1.807, 2.05) is 24.3 Å². The maximum absolute atomic E-state index is 12.7. The molecule has 0 N–H and O–H groups in total. The minimum atomic E-state index is -0.955. The number of amides is 2. The van der Waals surface area contributed by atoms with E-state index in [9.17, 15) is 14.4 Å². The van der Waals surface area contributed by atoms with E-state index in [1.54, 1.807) is 45.2 Å². The van der Waals surface area contributed by atoms with Gasteiger partial charge in [-0.2, -0.15) is 0 Å².